The Morgan fingerprint density at radius 2 is 2.08 bits per heavy atom. The van der Waals surface area contributed by atoms with Crippen LogP contribution in [-0.4, -0.2) is 40.8 Å². The van der Waals surface area contributed by atoms with Gasteiger partial charge in [0.15, 0.2) is 0 Å². The Balaban J connectivity index is 1.86. The first-order chi connectivity index (χ1) is 11.8. The monoisotopic (exact) mass is 344 g/mol. The summed E-state index contributed by atoms with van der Waals surface area (Å²) in [5.41, 5.74) is 2.96. The number of ether oxygens (including phenoxy) is 2. The van der Waals surface area contributed by atoms with Gasteiger partial charge in [0, 0.05) is 17.8 Å². The van der Waals surface area contributed by atoms with Crippen LogP contribution in [0.1, 0.15) is 57.6 Å². The second-order valence-electron chi connectivity index (χ2n) is 7.99. The molecule has 0 N–H and O–H groups in total. The number of hydrogen-bond acceptors (Lipinski definition) is 4. The zero-order chi connectivity index (χ0) is 18.2. The number of aryl methyl sites for hydroxylation is 1. The number of carbonyl (C=O) groups is 1. The largest absolute Gasteiger partial charge is 0.481 e. The first-order valence-corrected chi connectivity index (χ1v) is 9.01. The van der Waals surface area contributed by atoms with Crippen molar-refractivity contribution in [2.75, 3.05) is 7.11 Å². The number of pyridine rings is 1. The van der Waals surface area contributed by atoms with E-state index in [-0.39, 0.29) is 18.2 Å². The minimum atomic E-state index is -0.466. The number of piperidine rings is 1. The second-order valence-corrected chi connectivity index (χ2v) is 7.99. The average Bonchev–Trinajstić information content (AvgIpc) is 2.51. The van der Waals surface area contributed by atoms with Crippen LogP contribution < -0.4 is 4.74 Å². The maximum absolute atomic E-state index is 12.7. The molecule has 136 valence electrons. The molecule has 0 radical (unpaired) electrons. The Morgan fingerprint density at radius 1 is 1.32 bits per heavy atom. The molecule has 1 saturated heterocycles. The minimum Gasteiger partial charge on any atom is -0.481 e. The molecule has 3 heterocycles. The molecule has 1 aromatic heterocycles. The van der Waals surface area contributed by atoms with E-state index in [4.69, 9.17) is 9.47 Å². The second kappa shape index (κ2) is 6.70. The lowest BCUT2D eigenvalue weighted by Crippen LogP contribution is -2.53. The van der Waals surface area contributed by atoms with Crippen LogP contribution in [0.5, 0.6) is 5.88 Å². The van der Waals surface area contributed by atoms with Crippen molar-refractivity contribution in [2.45, 2.75) is 71.1 Å². The molecule has 1 fully saturated rings. The summed E-state index contributed by atoms with van der Waals surface area (Å²) < 4.78 is 10.9. The highest BCUT2D eigenvalue weighted by Crippen LogP contribution is 2.38. The molecule has 3 rings (SSSR count). The summed E-state index contributed by atoms with van der Waals surface area (Å²) in [6, 6.07) is 2.44. The normalized spacial score (nSPS) is 23.1. The van der Waals surface area contributed by atoms with Crippen molar-refractivity contribution < 1.29 is 14.3 Å². The van der Waals surface area contributed by atoms with E-state index in [1.165, 1.54) is 5.57 Å². The van der Waals surface area contributed by atoms with E-state index < -0.39 is 5.60 Å². The van der Waals surface area contributed by atoms with Crippen molar-refractivity contribution in [3.05, 3.63) is 29.5 Å². The molecule has 2 unspecified atom stereocenters. The Labute approximate surface area is 150 Å². The van der Waals surface area contributed by atoms with Crippen LogP contribution >= 0.6 is 0 Å². The molecule has 1 aromatic rings. The summed E-state index contributed by atoms with van der Waals surface area (Å²) in [4.78, 5) is 19.0. The Hall–Kier alpha value is -2.04. The number of hydrogen-bond donors (Lipinski definition) is 0. The van der Waals surface area contributed by atoms with Crippen LogP contribution in [0.3, 0.4) is 0 Å². The molecule has 2 aliphatic heterocycles. The highest BCUT2D eigenvalue weighted by Gasteiger charge is 2.39. The van der Waals surface area contributed by atoms with E-state index in [9.17, 15) is 4.79 Å². The molecule has 2 atom stereocenters. The molecular weight excluding hydrogens is 316 g/mol. The van der Waals surface area contributed by atoms with E-state index in [2.05, 4.69) is 17.1 Å². The highest BCUT2D eigenvalue weighted by atomic mass is 16.6. The summed E-state index contributed by atoms with van der Waals surface area (Å²) >= 11 is 0. The fourth-order valence-corrected chi connectivity index (χ4v) is 3.79. The summed E-state index contributed by atoms with van der Waals surface area (Å²) in [6.45, 7) is 7.75. The van der Waals surface area contributed by atoms with Gasteiger partial charge in [-0.25, -0.2) is 9.78 Å². The SMILES string of the molecule is COc1ncc(C2=CC3CCCC(C2)N3C(=O)OC(C)(C)C)cc1C. The van der Waals surface area contributed by atoms with Crippen LogP contribution in [-0.2, 0) is 4.74 Å². The smallest absolute Gasteiger partial charge is 0.411 e. The lowest BCUT2D eigenvalue weighted by Gasteiger charge is -2.45. The zero-order valence-electron chi connectivity index (χ0n) is 15.8. The molecule has 25 heavy (non-hydrogen) atoms. The number of rotatable bonds is 2. The molecule has 0 aromatic carbocycles. The maximum Gasteiger partial charge on any atom is 0.411 e. The summed E-state index contributed by atoms with van der Waals surface area (Å²) in [6.07, 6.45) is 7.92. The van der Waals surface area contributed by atoms with Crippen LogP contribution in [0.25, 0.3) is 5.57 Å². The molecular formula is C20H28N2O3. The maximum atomic E-state index is 12.7. The van der Waals surface area contributed by atoms with Crippen LogP contribution in [0.2, 0.25) is 0 Å². The molecule has 0 spiro atoms. The van der Waals surface area contributed by atoms with Crippen molar-refractivity contribution in [1.82, 2.24) is 9.88 Å². The van der Waals surface area contributed by atoms with Crippen molar-refractivity contribution in [3.8, 4) is 5.88 Å². The number of fused-ring (bicyclic) bond motifs is 2. The zero-order valence-corrected chi connectivity index (χ0v) is 15.8. The lowest BCUT2D eigenvalue weighted by molar-refractivity contribution is 0.0000845. The predicted molar refractivity (Wildman–Crippen MR) is 97.6 cm³/mol. The summed E-state index contributed by atoms with van der Waals surface area (Å²) in [5, 5.41) is 0. The summed E-state index contributed by atoms with van der Waals surface area (Å²) in [5.74, 6) is 0.663. The predicted octanol–water partition coefficient (Wildman–Crippen LogP) is 4.34. The molecule has 2 bridgehead atoms. The molecule has 5 heteroatoms. The van der Waals surface area contributed by atoms with Gasteiger partial charge in [0.1, 0.15) is 5.60 Å². The minimum absolute atomic E-state index is 0.111. The Kier molecular flexibility index (Phi) is 4.76. The van der Waals surface area contributed by atoms with Crippen molar-refractivity contribution in [1.29, 1.82) is 0 Å². The van der Waals surface area contributed by atoms with Gasteiger partial charge in [0.05, 0.1) is 13.2 Å². The number of carbonyl (C=O) groups excluding carboxylic acids is 1. The number of nitrogens with zero attached hydrogens (tertiary/aromatic N) is 2. The number of methoxy groups -OCH3 is 1. The van der Waals surface area contributed by atoms with Gasteiger partial charge in [-0.05, 0) is 70.6 Å². The third-order valence-corrected chi connectivity index (χ3v) is 4.84. The van der Waals surface area contributed by atoms with Crippen molar-refractivity contribution in [2.24, 2.45) is 0 Å². The van der Waals surface area contributed by atoms with Gasteiger partial charge in [-0.3, -0.25) is 4.90 Å². The molecule has 5 nitrogen and oxygen atoms in total. The molecule has 1 amide bonds. The van der Waals surface area contributed by atoms with Gasteiger partial charge in [-0.15, -0.1) is 0 Å². The Morgan fingerprint density at radius 3 is 2.68 bits per heavy atom. The molecule has 2 aliphatic rings. The fraction of sp³-hybridized carbons (Fsp3) is 0.600. The van der Waals surface area contributed by atoms with Gasteiger partial charge in [-0.2, -0.15) is 0 Å². The van der Waals surface area contributed by atoms with Gasteiger partial charge < -0.3 is 9.47 Å². The van der Waals surface area contributed by atoms with Gasteiger partial charge in [-0.1, -0.05) is 6.08 Å². The van der Waals surface area contributed by atoms with Gasteiger partial charge >= 0.3 is 6.09 Å². The lowest BCUT2D eigenvalue weighted by atomic mass is 9.83. The van der Waals surface area contributed by atoms with Gasteiger partial charge in [0.2, 0.25) is 5.88 Å². The first kappa shape index (κ1) is 17.8. The van der Waals surface area contributed by atoms with E-state index in [1.807, 2.05) is 38.8 Å². The highest BCUT2D eigenvalue weighted by molar-refractivity contribution is 5.74. The van der Waals surface area contributed by atoms with E-state index in [0.717, 1.165) is 36.8 Å². The fourth-order valence-electron chi connectivity index (χ4n) is 3.79. The topological polar surface area (TPSA) is 51.7 Å². The summed E-state index contributed by atoms with van der Waals surface area (Å²) in [7, 11) is 1.64. The quantitative estimate of drug-likeness (QED) is 0.800. The van der Waals surface area contributed by atoms with E-state index in [1.54, 1.807) is 7.11 Å². The van der Waals surface area contributed by atoms with Crippen molar-refractivity contribution in [3.63, 3.8) is 0 Å². The van der Waals surface area contributed by atoms with Crippen LogP contribution in [0.15, 0.2) is 18.3 Å². The number of aromatic nitrogens is 1. The molecule has 0 aliphatic carbocycles. The Bertz CT molecular complexity index is 691. The third-order valence-electron chi connectivity index (χ3n) is 4.84. The van der Waals surface area contributed by atoms with Crippen molar-refractivity contribution >= 4 is 11.7 Å². The van der Waals surface area contributed by atoms with Crippen LogP contribution in [0.4, 0.5) is 4.79 Å². The van der Waals surface area contributed by atoms with E-state index >= 15 is 0 Å². The molecule has 0 saturated carbocycles. The average molecular weight is 344 g/mol. The standard InChI is InChI=1S/C20H28N2O3/c1-13-9-15(12-21-18(13)24-5)14-10-16-7-6-8-17(11-14)22(16)19(23)25-20(2,3)4/h9-10,12,16-17H,6-8,11H2,1-5H3. The first-order valence-electron chi connectivity index (χ1n) is 9.01. The van der Waals surface area contributed by atoms with Gasteiger partial charge in [0.25, 0.3) is 0 Å². The number of amides is 1. The van der Waals surface area contributed by atoms with Crippen LogP contribution in [0, 0.1) is 6.92 Å². The third kappa shape index (κ3) is 3.80. The van der Waals surface area contributed by atoms with E-state index in [0.29, 0.717) is 5.88 Å².